The predicted molar refractivity (Wildman–Crippen MR) is 84.2 cm³/mol. The van der Waals surface area contributed by atoms with E-state index >= 15 is 0 Å². The van der Waals surface area contributed by atoms with Crippen molar-refractivity contribution in [3.8, 4) is 10.4 Å². The molecule has 2 heterocycles. The van der Waals surface area contributed by atoms with Gasteiger partial charge < -0.3 is 5.32 Å². The number of hydrogen-bond acceptors (Lipinski definition) is 4. The molecule has 0 saturated carbocycles. The van der Waals surface area contributed by atoms with E-state index in [1.807, 2.05) is 6.07 Å². The molecular formula is C14H11ClN2S2. The molecule has 0 unspecified atom stereocenters. The number of anilines is 1. The minimum atomic E-state index is 0.694. The van der Waals surface area contributed by atoms with Crippen molar-refractivity contribution < 1.29 is 0 Å². The van der Waals surface area contributed by atoms with E-state index in [1.54, 1.807) is 17.5 Å². The maximum atomic E-state index is 5.88. The lowest BCUT2D eigenvalue weighted by Gasteiger charge is -2.09. The van der Waals surface area contributed by atoms with E-state index in [0.717, 1.165) is 15.0 Å². The standard InChI is InChI=1S/C14H11ClN2S2/c15-13-8-17-14(19-13)9-16-11-5-2-1-4-10(11)12-6-3-7-18-12/h1-8,16H,9H2. The van der Waals surface area contributed by atoms with Crippen LogP contribution in [0.4, 0.5) is 5.69 Å². The van der Waals surface area contributed by atoms with E-state index in [-0.39, 0.29) is 0 Å². The van der Waals surface area contributed by atoms with Crippen LogP contribution in [0, 0.1) is 0 Å². The lowest BCUT2D eigenvalue weighted by Crippen LogP contribution is -1.99. The van der Waals surface area contributed by atoms with Gasteiger partial charge in [0.2, 0.25) is 0 Å². The van der Waals surface area contributed by atoms with Crippen molar-refractivity contribution in [1.29, 1.82) is 0 Å². The van der Waals surface area contributed by atoms with Crippen LogP contribution in [0.3, 0.4) is 0 Å². The van der Waals surface area contributed by atoms with Gasteiger partial charge in [-0.15, -0.1) is 22.7 Å². The lowest BCUT2D eigenvalue weighted by atomic mass is 10.1. The topological polar surface area (TPSA) is 24.9 Å². The third-order valence-corrected chi connectivity index (χ3v) is 4.69. The number of hydrogen-bond donors (Lipinski definition) is 1. The molecule has 5 heteroatoms. The average Bonchev–Trinajstić information content (AvgIpc) is 3.08. The third kappa shape index (κ3) is 2.97. The number of nitrogens with zero attached hydrogens (tertiary/aromatic N) is 1. The van der Waals surface area contributed by atoms with Crippen molar-refractivity contribution in [1.82, 2.24) is 4.98 Å². The molecule has 2 aromatic heterocycles. The quantitative estimate of drug-likeness (QED) is 0.722. The Hall–Kier alpha value is -1.36. The Labute approximate surface area is 124 Å². The number of thiophene rings is 1. The first-order valence-corrected chi connectivity index (χ1v) is 7.87. The molecule has 0 aliphatic heterocycles. The van der Waals surface area contributed by atoms with E-state index in [0.29, 0.717) is 6.54 Å². The normalized spacial score (nSPS) is 10.6. The summed E-state index contributed by atoms with van der Waals surface area (Å²) in [5, 5.41) is 6.51. The van der Waals surface area contributed by atoms with Gasteiger partial charge in [0, 0.05) is 16.1 Å². The molecular weight excluding hydrogens is 296 g/mol. The molecule has 0 fully saturated rings. The molecule has 1 N–H and O–H groups in total. The zero-order chi connectivity index (χ0) is 13.1. The molecule has 1 aromatic carbocycles. The fraction of sp³-hybridized carbons (Fsp3) is 0.0714. The minimum Gasteiger partial charge on any atom is -0.378 e. The summed E-state index contributed by atoms with van der Waals surface area (Å²) in [5.74, 6) is 0. The van der Waals surface area contributed by atoms with Gasteiger partial charge in [0.1, 0.15) is 9.34 Å². The van der Waals surface area contributed by atoms with Gasteiger partial charge in [0.05, 0.1) is 12.7 Å². The second kappa shape index (κ2) is 5.74. The van der Waals surface area contributed by atoms with E-state index in [4.69, 9.17) is 11.6 Å². The Morgan fingerprint density at radius 1 is 1.16 bits per heavy atom. The smallest absolute Gasteiger partial charge is 0.113 e. The fourth-order valence-electron chi connectivity index (χ4n) is 1.82. The average molecular weight is 307 g/mol. The van der Waals surface area contributed by atoms with Crippen molar-refractivity contribution in [2.24, 2.45) is 0 Å². The van der Waals surface area contributed by atoms with Gasteiger partial charge in [0.25, 0.3) is 0 Å². The molecule has 0 aliphatic carbocycles. The molecule has 0 spiro atoms. The first-order chi connectivity index (χ1) is 9.33. The van der Waals surface area contributed by atoms with Crippen LogP contribution in [0.15, 0.2) is 48.0 Å². The summed E-state index contributed by atoms with van der Waals surface area (Å²) in [6.07, 6.45) is 1.69. The van der Waals surface area contributed by atoms with Gasteiger partial charge in [-0.1, -0.05) is 35.9 Å². The molecule has 2 nitrogen and oxygen atoms in total. The Morgan fingerprint density at radius 2 is 2.05 bits per heavy atom. The molecule has 19 heavy (non-hydrogen) atoms. The van der Waals surface area contributed by atoms with Crippen LogP contribution in [0.1, 0.15) is 5.01 Å². The molecule has 0 saturated heterocycles. The fourth-order valence-corrected chi connectivity index (χ4v) is 3.49. The number of thiazole rings is 1. The van der Waals surface area contributed by atoms with E-state index in [2.05, 4.69) is 46.0 Å². The maximum Gasteiger partial charge on any atom is 0.113 e. The summed E-state index contributed by atoms with van der Waals surface area (Å²) in [4.78, 5) is 5.51. The molecule has 0 amide bonds. The summed E-state index contributed by atoms with van der Waals surface area (Å²) in [6, 6.07) is 12.5. The number of rotatable bonds is 4. The molecule has 0 atom stereocenters. The highest BCUT2D eigenvalue weighted by Gasteiger charge is 2.06. The number of aromatic nitrogens is 1. The van der Waals surface area contributed by atoms with Gasteiger partial charge >= 0.3 is 0 Å². The van der Waals surface area contributed by atoms with Crippen molar-refractivity contribution >= 4 is 40.0 Å². The number of halogens is 1. The molecule has 0 aliphatic rings. The number of nitrogens with one attached hydrogen (secondary N) is 1. The maximum absolute atomic E-state index is 5.88. The highest BCUT2D eigenvalue weighted by Crippen LogP contribution is 2.31. The number of para-hydroxylation sites is 1. The van der Waals surface area contributed by atoms with Crippen LogP contribution < -0.4 is 5.32 Å². The van der Waals surface area contributed by atoms with Gasteiger partial charge in [0.15, 0.2) is 0 Å². The Kier molecular flexibility index (Phi) is 3.82. The molecule has 3 aromatic rings. The Bertz CT molecular complexity index is 662. The zero-order valence-electron chi connectivity index (χ0n) is 9.97. The molecule has 0 radical (unpaired) electrons. The van der Waals surface area contributed by atoms with Gasteiger partial charge in [-0.25, -0.2) is 4.98 Å². The van der Waals surface area contributed by atoms with Crippen molar-refractivity contribution in [3.05, 3.63) is 57.3 Å². The largest absolute Gasteiger partial charge is 0.378 e. The summed E-state index contributed by atoms with van der Waals surface area (Å²) in [7, 11) is 0. The van der Waals surface area contributed by atoms with E-state index in [9.17, 15) is 0 Å². The summed E-state index contributed by atoms with van der Waals surface area (Å²) in [6.45, 7) is 0.694. The third-order valence-electron chi connectivity index (χ3n) is 2.67. The summed E-state index contributed by atoms with van der Waals surface area (Å²) in [5.41, 5.74) is 2.34. The zero-order valence-corrected chi connectivity index (χ0v) is 12.4. The van der Waals surface area contributed by atoms with Crippen molar-refractivity contribution in [2.75, 3.05) is 5.32 Å². The van der Waals surface area contributed by atoms with E-state index < -0.39 is 0 Å². The highest BCUT2D eigenvalue weighted by molar-refractivity contribution is 7.15. The SMILES string of the molecule is Clc1cnc(CNc2ccccc2-c2cccs2)s1. The first kappa shape index (κ1) is 12.7. The van der Waals surface area contributed by atoms with Gasteiger partial charge in [-0.3, -0.25) is 0 Å². The van der Waals surface area contributed by atoms with Crippen LogP contribution in [-0.2, 0) is 6.54 Å². The highest BCUT2D eigenvalue weighted by atomic mass is 35.5. The van der Waals surface area contributed by atoms with Crippen molar-refractivity contribution in [2.45, 2.75) is 6.54 Å². The van der Waals surface area contributed by atoms with E-state index in [1.165, 1.54) is 21.8 Å². The minimum absolute atomic E-state index is 0.694. The van der Waals surface area contributed by atoms with Gasteiger partial charge in [-0.2, -0.15) is 0 Å². The number of benzene rings is 1. The van der Waals surface area contributed by atoms with Crippen LogP contribution in [0.2, 0.25) is 4.34 Å². The lowest BCUT2D eigenvalue weighted by molar-refractivity contribution is 1.10. The van der Waals surface area contributed by atoms with Crippen molar-refractivity contribution in [3.63, 3.8) is 0 Å². The van der Waals surface area contributed by atoms with Crippen LogP contribution in [0.25, 0.3) is 10.4 Å². The predicted octanol–water partition coefficient (Wildman–Crippen LogP) is 5.14. The first-order valence-electron chi connectivity index (χ1n) is 5.80. The van der Waals surface area contributed by atoms with Crippen LogP contribution in [0.5, 0.6) is 0 Å². The van der Waals surface area contributed by atoms with Gasteiger partial charge in [-0.05, 0) is 17.5 Å². The Morgan fingerprint density at radius 3 is 2.79 bits per heavy atom. The molecule has 0 bridgehead atoms. The monoisotopic (exact) mass is 306 g/mol. The van der Waals surface area contributed by atoms with Crippen LogP contribution >= 0.6 is 34.3 Å². The Balaban J connectivity index is 1.81. The van der Waals surface area contributed by atoms with Crippen LogP contribution in [-0.4, -0.2) is 4.98 Å². The second-order valence-corrected chi connectivity index (χ2v) is 6.63. The molecule has 3 rings (SSSR count). The summed E-state index contributed by atoms with van der Waals surface area (Å²) >= 11 is 9.13. The second-order valence-electron chi connectivity index (χ2n) is 3.93. The molecule has 96 valence electrons. The summed E-state index contributed by atoms with van der Waals surface area (Å²) < 4.78 is 0.725.